The number of rotatable bonds is 2. The molecule has 1 fully saturated rings. The molecule has 4 rings (SSSR count). The predicted octanol–water partition coefficient (Wildman–Crippen LogP) is 4.49. The molecule has 2 heteroatoms. The summed E-state index contributed by atoms with van der Waals surface area (Å²) >= 11 is 0. The van der Waals surface area contributed by atoms with Gasteiger partial charge in [0.1, 0.15) is 0 Å². The molecule has 0 atom stereocenters. The molecule has 0 aromatic heterocycles. The summed E-state index contributed by atoms with van der Waals surface area (Å²) in [7, 11) is 1.91. The van der Waals surface area contributed by atoms with Crippen LogP contribution in [0.15, 0.2) is 48.5 Å². The average Bonchev–Trinajstić information content (AvgIpc) is 2.78. The lowest BCUT2D eigenvalue weighted by atomic mass is 9.63. The zero-order valence-electron chi connectivity index (χ0n) is 14.1. The Labute approximate surface area is 143 Å². The van der Waals surface area contributed by atoms with Crippen LogP contribution in [0.4, 0.5) is 0 Å². The molecule has 0 aliphatic heterocycles. The molecule has 1 saturated carbocycles. The van der Waals surface area contributed by atoms with E-state index in [0.29, 0.717) is 6.04 Å². The Morgan fingerprint density at radius 3 is 1.92 bits per heavy atom. The maximum absolute atomic E-state index is 11.1. The van der Waals surface area contributed by atoms with E-state index in [2.05, 4.69) is 60.7 Å². The summed E-state index contributed by atoms with van der Waals surface area (Å²) in [5.74, 6) is 0. The van der Waals surface area contributed by atoms with Crippen molar-refractivity contribution in [2.24, 2.45) is 0 Å². The summed E-state index contributed by atoms with van der Waals surface area (Å²) in [4.78, 5) is 13.0. The molecule has 122 valence electrons. The van der Waals surface area contributed by atoms with Crippen molar-refractivity contribution in [2.75, 3.05) is 7.05 Å². The van der Waals surface area contributed by atoms with Crippen LogP contribution in [0.25, 0.3) is 12.2 Å². The molecule has 2 aromatic rings. The fraction of sp³-hybridized carbons (Fsp3) is 0.318. The van der Waals surface area contributed by atoms with Crippen LogP contribution in [-0.2, 0) is 10.2 Å². The van der Waals surface area contributed by atoms with Crippen LogP contribution in [-0.4, -0.2) is 24.4 Å². The van der Waals surface area contributed by atoms with Crippen molar-refractivity contribution in [2.45, 2.75) is 37.1 Å². The first-order chi connectivity index (χ1) is 11.7. The topological polar surface area (TPSA) is 20.3 Å². The Kier molecular flexibility index (Phi) is 3.76. The second-order valence-corrected chi connectivity index (χ2v) is 7.09. The lowest BCUT2D eigenvalue weighted by Crippen LogP contribution is -2.41. The van der Waals surface area contributed by atoms with Gasteiger partial charge in [-0.3, -0.25) is 4.79 Å². The molecule has 2 aromatic carbocycles. The van der Waals surface area contributed by atoms with Gasteiger partial charge in [0.25, 0.3) is 0 Å². The molecular weight excluding hydrogens is 294 g/mol. The third kappa shape index (κ3) is 2.29. The van der Waals surface area contributed by atoms with Gasteiger partial charge in [-0.25, -0.2) is 0 Å². The van der Waals surface area contributed by atoms with Crippen LogP contribution < -0.4 is 0 Å². The van der Waals surface area contributed by atoms with Crippen LogP contribution in [0, 0.1) is 0 Å². The summed E-state index contributed by atoms with van der Waals surface area (Å²) < 4.78 is 0. The number of fused-ring (bicyclic) bond motifs is 4. The van der Waals surface area contributed by atoms with E-state index in [1.54, 1.807) is 0 Å². The van der Waals surface area contributed by atoms with E-state index in [9.17, 15) is 4.79 Å². The fourth-order valence-corrected chi connectivity index (χ4v) is 4.61. The first kappa shape index (κ1) is 15.2. The molecule has 2 aliphatic rings. The number of hydrogen-bond acceptors (Lipinski definition) is 1. The van der Waals surface area contributed by atoms with Gasteiger partial charge in [0.05, 0.1) is 0 Å². The van der Waals surface area contributed by atoms with Crippen molar-refractivity contribution in [1.82, 2.24) is 4.90 Å². The molecule has 0 unspecified atom stereocenters. The van der Waals surface area contributed by atoms with Crippen molar-refractivity contribution in [3.8, 4) is 0 Å². The molecule has 0 N–H and O–H groups in total. The molecule has 1 spiro atoms. The van der Waals surface area contributed by atoms with Gasteiger partial charge in [-0.1, -0.05) is 60.7 Å². The van der Waals surface area contributed by atoms with Crippen LogP contribution in [0.3, 0.4) is 0 Å². The zero-order valence-corrected chi connectivity index (χ0v) is 14.1. The van der Waals surface area contributed by atoms with Crippen LogP contribution in [0.5, 0.6) is 0 Å². The number of carbonyl (C=O) groups excluding carboxylic acids is 1. The highest BCUT2D eigenvalue weighted by atomic mass is 16.1. The predicted molar refractivity (Wildman–Crippen MR) is 98.7 cm³/mol. The number of amides is 1. The summed E-state index contributed by atoms with van der Waals surface area (Å²) in [6.45, 7) is 0. The van der Waals surface area contributed by atoms with Gasteiger partial charge in [-0.15, -0.1) is 0 Å². The van der Waals surface area contributed by atoms with E-state index in [1.165, 1.54) is 22.3 Å². The van der Waals surface area contributed by atoms with E-state index < -0.39 is 0 Å². The van der Waals surface area contributed by atoms with Crippen molar-refractivity contribution in [3.05, 3.63) is 70.8 Å². The third-order valence-corrected chi connectivity index (χ3v) is 5.95. The van der Waals surface area contributed by atoms with Crippen molar-refractivity contribution in [1.29, 1.82) is 0 Å². The molecular formula is C22H23NO. The largest absolute Gasteiger partial charge is 0.345 e. The Morgan fingerprint density at radius 1 is 0.917 bits per heavy atom. The van der Waals surface area contributed by atoms with Crippen LogP contribution in [0.2, 0.25) is 0 Å². The molecule has 2 aliphatic carbocycles. The van der Waals surface area contributed by atoms with Gasteiger partial charge in [-0.2, -0.15) is 0 Å². The van der Waals surface area contributed by atoms with Gasteiger partial charge in [0.15, 0.2) is 0 Å². The molecule has 0 radical (unpaired) electrons. The van der Waals surface area contributed by atoms with Crippen LogP contribution in [0.1, 0.15) is 47.9 Å². The lowest BCUT2D eigenvalue weighted by Gasteiger charge is -2.43. The maximum Gasteiger partial charge on any atom is 0.209 e. The monoisotopic (exact) mass is 317 g/mol. The van der Waals surface area contributed by atoms with E-state index in [1.807, 2.05) is 11.9 Å². The molecule has 0 bridgehead atoms. The van der Waals surface area contributed by atoms with Crippen molar-refractivity contribution in [3.63, 3.8) is 0 Å². The summed E-state index contributed by atoms with van der Waals surface area (Å²) in [6, 6.07) is 18.0. The smallest absolute Gasteiger partial charge is 0.209 e. The van der Waals surface area contributed by atoms with E-state index in [0.717, 1.165) is 32.1 Å². The summed E-state index contributed by atoms with van der Waals surface area (Å²) in [5.41, 5.74) is 5.61. The van der Waals surface area contributed by atoms with Gasteiger partial charge >= 0.3 is 0 Å². The Hall–Kier alpha value is -2.35. The highest BCUT2D eigenvalue weighted by molar-refractivity contribution is 5.77. The van der Waals surface area contributed by atoms with Gasteiger partial charge < -0.3 is 4.90 Å². The molecule has 0 heterocycles. The van der Waals surface area contributed by atoms with E-state index in [-0.39, 0.29) is 5.41 Å². The highest BCUT2D eigenvalue weighted by Gasteiger charge is 2.41. The lowest BCUT2D eigenvalue weighted by molar-refractivity contribution is -0.119. The second kappa shape index (κ2) is 5.94. The second-order valence-electron chi connectivity index (χ2n) is 7.09. The fourth-order valence-electron chi connectivity index (χ4n) is 4.61. The molecule has 24 heavy (non-hydrogen) atoms. The number of nitrogens with zero attached hydrogens (tertiary/aromatic N) is 1. The summed E-state index contributed by atoms with van der Waals surface area (Å²) in [6.07, 6.45) is 9.77. The van der Waals surface area contributed by atoms with Gasteiger partial charge in [0.2, 0.25) is 6.41 Å². The Bertz CT molecular complexity index is 733. The standard InChI is InChI=1S/C22H23NO/c1-23(16-24)19-12-14-22(15-13-19)20-8-4-2-6-17(20)10-11-18-7-3-5-9-21(18)22/h2-11,16,19H,12-15H2,1H3. The first-order valence-corrected chi connectivity index (χ1v) is 8.79. The van der Waals surface area contributed by atoms with E-state index in [4.69, 9.17) is 0 Å². The molecule has 0 saturated heterocycles. The average molecular weight is 317 g/mol. The minimum absolute atomic E-state index is 0.0664. The maximum atomic E-state index is 11.1. The summed E-state index contributed by atoms with van der Waals surface area (Å²) in [5, 5.41) is 0. The molecule has 1 amide bonds. The minimum atomic E-state index is 0.0664. The zero-order chi connectivity index (χ0) is 16.6. The van der Waals surface area contributed by atoms with Crippen LogP contribution >= 0.6 is 0 Å². The Morgan fingerprint density at radius 2 is 1.42 bits per heavy atom. The quantitative estimate of drug-likeness (QED) is 0.748. The van der Waals surface area contributed by atoms with Gasteiger partial charge in [-0.05, 0) is 47.9 Å². The SMILES string of the molecule is CN(C=O)C1CCC2(CC1)c1ccccc1C=Cc1ccccc12. The normalized spacial score (nSPS) is 18.5. The van der Waals surface area contributed by atoms with E-state index >= 15 is 0 Å². The number of carbonyl (C=O) groups is 1. The van der Waals surface area contributed by atoms with Gasteiger partial charge in [0, 0.05) is 18.5 Å². The minimum Gasteiger partial charge on any atom is -0.345 e. The number of benzene rings is 2. The third-order valence-electron chi connectivity index (χ3n) is 5.95. The highest BCUT2D eigenvalue weighted by Crippen LogP contribution is 2.49. The first-order valence-electron chi connectivity index (χ1n) is 8.79. The van der Waals surface area contributed by atoms with Crippen molar-refractivity contribution >= 4 is 18.6 Å². The molecule has 2 nitrogen and oxygen atoms in total. The van der Waals surface area contributed by atoms with Crippen molar-refractivity contribution < 1.29 is 4.79 Å². The Balaban J connectivity index is 1.83. The number of hydrogen-bond donors (Lipinski definition) is 0.